The standard InChI is InChI=1S/C21H25N5/c1-21(2)16-25(13-12-23-21)14-18-15-26(19-6-4-3-5-7-19)24-20(18)17-8-10-22-11-9-17/h3-11,15,23H,12-14,16H2,1-2H3. The largest absolute Gasteiger partial charge is 0.309 e. The Morgan fingerprint density at radius 1 is 1.08 bits per heavy atom. The summed E-state index contributed by atoms with van der Waals surface area (Å²) in [6.45, 7) is 8.52. The molecular formula is C21H25N5. The van der Waals surface area contributed by atoms with E-state index in [1.165, 1.54) is 5.56 Å². The van der Waals surface area contributed by atoms with Crippen molar-refractivity contribution in [1.82, 2.24) is 25.0 Å². The third-order valence-electron chi connectivity index (χ3n) is 4.81. The zero-order valence-corrected chi connectivity index (χ0v) is 15.4. The van der Waals surface area contributed by atoms with Crippen LogP contribution in [0.25, 0.3) is 16.9 Å². The lowest BCUT2D eigenvalue weighted by atomic mass is 10.0. The van der Waals surface area contributed by atoms with Crippen molar-refractivity contribution in [3.8, 4) is 16.9 Å². The first kappa shape index (κ1) is 16.9. The molecule has 3 heterocycles. The fraction of sp³-hybridized carbons (Fsp3) is 0.333. The van der Waals surface area contributed by atoms with Gasteiger partial charge >= 0.3 is 0 Å². The van der Waals surface area contributed by atoms with E-state index in [0.29, 0.717) is 0 Å². The van der Waals surface area contributed by atoms with Gasteiger partial charge in [0.2, 0.25) is 0 Å². The summed E-state index contributed by atoms with van der Waals surface area (Å²) in [6, 6.07) is 14.3. The predicted molar refractivity (Wildman–Crippen MR) is 104 cm³/mol. The van der Waals surface area contributed by atoms with E-state index in [0.717, 1.165) is 43.1 Å². The summed E-state index contributed by atoms with van der Waals surface area (Å²) in [5, 5.41) is 8.48. The smallest absolute Gasteiger partial charge is 0.0973 e. The molecule has 5 heteroatoms. The Morgan fingerprint density at radius 3 is 2.58 bits per heavy atom. The zero-order valence-electron chi connectivity index (χ0n) is 15.4. The molecule has 1 fully saturated rings. The van der Waals surface area contributed by atoms with Crippen LogP contribution in [0.1, 0.15) is 19.4 Å². The first-order valence-corrected chi connectivity index (χ1v) is 9.12. The number of aromatic nitrogens is 3. The highest BCUT2D eigenvalue weighted by molar-refractivity contribution is 5.62. The van der Waals surface area contributed by atoms with Gasteiger partial charge in [-0.2, -0.15) is 5.10 Å². The number of nitrogens with zero attached hydrogens (tertiary/aromatic N) is 4. The normalized spacial score (nSPS) is 17.3. The van der Waals surface area contributed by atoms with Crippen LogP contribution in [-0.4, -0.2) is 44.8 Å². The second kappa shape index (κ2) is 7.02. The average Bonchev–Trinajstić information content (AvgIpc) is 3.06. The number of benzene rings is 1. The van der Waals surface area contributed by atoms with Crippen LogP contribution >= 0.6 is 0 Å². The van der Waals surface area contributed by atoms with Crippen LogP contribution in [0.3, 0.4) is 0 Å². The van der Waals surface area contributed by atoms with Gasteiger partial charge in [-0.15, -0.1) is 0 Å². The van der Waals surface area contributed by atoms with Crippen LogP contribution in [0, 0.1) is 0 Å². The summed E-state index contributed by atoms with van der Waals surface area (Å²) in [7, 11) is 0. The fourth-order valence-corrected chi connectivity index (χ4v) is 3.61. The van der Waals surface area contributed by atoms with Crippen LogP contribution < -0.4 is 5.32 Å². The minimum Gasteiger partial charge on any atom is -0.309 e. The van der Waals surface area contributed by atoms with Crippen molar-refractivity contribution in [2.24, 2.45) is 0 Å². The van der Waals surface area contributed by atoms with E-state index in [4.69, 9.17) is 5.10 Å². The Labute approximate surface area is 154 Å². The lowest BCUT2D eigenvalue weighted by Gasteiger charge is -2.39. The number of hydrogen-bond donors (Lipinski definition) is 1. The lowest BCUT2D eigenvalue weighted by Crippen LogP contribution is -2.56. The molecule has 1 N–H and O–H groups in total. The maximum absolute atomic E-state index is 4.90. The van der Waals surface area contributed by atoms with Gasteiger partial charge in [0.25, 0.3) is 0 Å². The molecule has 0 spiro atoms. The molecule has 1 aliphatic rings. The van der Waals surface area contributed by atoms with Crippen LogP contribution in [0.5, 0.6) is 0 Å². The Balaban J connectivity index is 1.69. The van der Waals surface area contributed by atoms with E-state index < -0.39 is 0 Å². The highest BCUT2D eigenvalue weighted by Crippen LogP contribution is 2.25. The van der Waals surface area contributed by atoms with Gasteiger partial charge < -0.3 is 5.32 Å². The minimum atomic E-state index is 0.143. The number of pyridine rings is 1. The Bertz CT molecular complexity index is 855. The quantitative estimate of drug-likeness (QED) is 0.788. The van der Waals surface area contributed by atoms with Crippen LogP contribution in [0.2, 0.25) is 0 Å². The van der Waals surface area contributed by atoms with E-state index in [2.05, 4.69) is 47.4 Å². The molecule has 0 radical (unpaired) electrons. The summed E-state index contributed by atoms with van der Waals surface area (Å²) in [5.74, 6) is 0. The van der Waals surface area contributed by atoms with E-state index >= 15 is 0 Å². The van der Waals surface area contributed by atoms with E-state index in [-0.39, 0.29) is 5.54 Å². The molecule has 5 nitrogen and oxygen atoms in total. The highest BCUT2D eigenvalue weighted by atomic mass is 15.3. The number of piperazine rings is 1. The molecule has 0 atom stereocenters. The third kappa shape index (κ3) is 3.69. The second-order valence-corrected chi connectivity index (χ2v) is 7.54. The molecule has 0 aliphatic carbocycles. The van der Waals surface area contributed by atoms with Crippen LogP contribution in [0.4, 0.5) is 0 Å². The van der Waals surface area contributed by atoms with Crippen molar-refractivity contribution < 1.29 is 0 Å². The van der Waals surface area contributed by atoms with Gasteiger partial charge in [0.15, 0.2) is 0 Å². The van der Waals surface area contributed by atoms with Crippen molar-refractivity contribution in [3.63, 3.8) is 0 Å². The molecule has 1 aliphatic heterocycles. The third-order valence-corrected chi connectivity index (χ3v) is 4.81. The summed E-state index contributed by atoms with van der Waals surface area (Å²) in [6.07, 6.45) is 5.82. The van der Waals surface area contributed by atoms with Gasteiger partial charge in [-0.05, 0) is 38.1 Å². The van der Waals surface area contributed by atoms with E-state index in [9.17, 15) is 0 Å². The van der Waals surface area contributed by atoms with E-state index in [1.54, 1.807) is 0 Å². The van der Waals surface area contributed by atoms with Gasteiger partial charge in [-0.3, -0.25) is 9.88 Å². The summed E-state index contributed by atoms with van der Waals surface area (Å²) >= 11 is 0. The van der Waals surface area contributed by atoms with Gasteiger partial charge in [0.05, 0.1) is 11.4 Å². The van der Waals surface area contributed by atoms with Crippen LogP contribution in [0.15, 0.2) is 61.1 Å². The lowest BCUT2D eigenvalue weighted by molar-refractivity contribution is 0.148. The minimum absolute atomic E-state index is 0.143. The number of hydrogen-bond acceptors (Lipinski definition) is 4. The molecule has 0 unspecified atom stereocenters. The number of nitrogens with one attached hydrogen (secondary N) is 1. The summed E-state index contributed by atoms with van der Waals surface area (Å²) in [5.41, 5.74) is 4.61. The van der Waals surface area contributed by atoms with Gasteiger partial charge in [-0.25, -0.2) is 4.68 Å². The molecule has 2 aromatic heterocycles. The topological polar surface area (TPSA) is 46.0 Å². The molecule has 1 saturated heterocycles. The van der Waals surface area contributed by atoms with Crippen molar-refractivity contribution in [3.05, 3.63) is 66.6 Å². The molecule has 26 heavy (non-hydrogen) atoms. The Hall–Kier alpha value is -2.50. The Kier molecular flexibility index (Phi) is 4.57. The first-order chi connectivity index (χ1) is 12.6. The summed E-state index contributed by atoms with van der Waals surface area (Å²) < 4.78 is 1.98. The zero-order chi connectivity index (χ0) is 18.0. The molecule has 1 aromatic carbocycles. The van der Waals surface area contributed by atoms with Crippen molar-refractivity contribution in [2.45, 2.75) is 25.9 Å². The predicted octanol–water partition coefficient (Wildman–Crippen LogP) is 3.12. The monoisotopic (exact) mass is 347 g/mol. The number of rotatable bonds is 4. The van der Waals surface area contributed by atoms with Gasteiger partial charge in [0.1, 0.15) is 0 Å². The second-order valence-electron chi connectivity index (χ2n) is 7.54. The highest BCUT2D eigenvalue weighted by Gasteiger charge is 2.26. The van der Waals surface area contributed by atoms with Crippen molar-refractivity contribution >= 4 is 0 Å². The summed E-state index contributed by atoms with van der Waals surface area (Å²) in [4.78, 5) is 6.65. The van der Waals surface area contributed by atoms with Gasteiger partial charge in [-0.1, -0.05) is 18.2 Å². The Morgan fingerprint density at radius 2 is 1.85 bits per heavy atom. The molecule has 0 amide bonds. The molecule has 0 saturated carbocycles. The van der Waals surface area contributed by atoms with Crippen molar-refractivity contribution in [2.75, 3.05) is 19.6 Å². The van der Waals surface area contributed by atoms with Crippen molar-refractivity contribution in [1.29, 1.82) is 0 Å². The SMILES string of the molecule is CC1(C)CN(Cc2cn(-c3ccccc3)nc2-c2ccncc2)CCN1. The molecular weight excluding hydrogens is 322 g/mol. The van der Waals surface area contributed by atoms with Gasteiger partial charge in [0, 0.05) is 61.4 Å². The average molecular weight is 347 g/mol. The molecule has 134 valence electrons. The molecule has 0 bridgehead atoms. The first-order valence-electron chi connectivity index (χ1n) is 9.12. The van der Waals surface area contributed by atoms with E-state index in [1.807, 2.05) is 47.4 Å². The molecule has 3 aromatic rings. The van der Waals surface area contributed by atoms with Crippen LogP contribution in [-0.2, 0) is 6.54 Å². The maximum atomic E-state index is 4.90. The molecule has 4 rings (SSSR count). The fourth-order valence-electron chi connectivity index (χ4n) is 3.61. The maximum Gasteiger partial charge on any atom is 0.0973 e. The number of para-hydroxylation sites is 1.